The average molecular weight is 257 g/mol. The summed E-state index contributed by atoms with van der Waals surface area (Å²) in [7, 11) is 1.85. The summed E-state index contributed by atoms with van der Waals surface area (Å²) in [5, 5.41) is 14.5. The summed E-state index contributed by atoms with van der Waals surface area (Å²) in [5.74, 6) is 0.223. The van der Waals surface area contributed by atoms with E-state index in [-0.39, 0.29) is 5.75 Å². The van der Waals surface area contributed by atoms with Crippen molar-refractivity contribution >= 4 is 26.8 Å². The quantitative estimate of drug-likeness (QED) is 0.787. The monoisotopic (exact) mass is 256 g/mol. The molecule has 0 bridgehead atoms. The van der Waals surface area contributed by atoms with E-state index in [0.717, 1.165) is 10.9 Å². The Morgan fingerprint density at radius 2 is 2.00 bits per heavy atom. The highest BCUT2D eigenvalue weighted by atomic mass is 79.9. The predicted octanol–water partition coefficient (Wildman–Crippen LogP) is 3.07. The smallest absolute Gasteiger partial charge is 0.132 e. The number of halogens is 1. The van der Waals surface area contributed by atoms with Crippen LogP contribution in [-0.4, -0.2) is 14.9 Å². The molecule has 1 heterocycles. The molecule has 0 fully saturated rings. The molecular formula is C10H13BrN2O. The largest absolute Gasteiger partial charge is 0.507 e. The molecule has 0 aliphatic carbocycles. The van der Waals surface area contributed by atoms with E-state index < -0.39 is 0 Å². The van der Waals surface area contributed by atoms with Crippen molar-refractivity contribution in [3.8, 4) is 5.75 Å². The third-order valence-corrected chi connectivity index (χ3v) is 2.32. The summed E-state index contributed by atoms with van der Waals surface area (Å²) < 4.78 is 2.42. The molecule has 0 aliphatic rings. The lowest BCUT2D eigenvalue weighted by atomic mass is 10.2. The molecule has 0 spiro atoms. The molecule has 2 aromatic rings. The van der Waals surface area contributed by atoms with E-state index in [1.54, 1.807) is 10.7 Å². The molecule has 0 unspecified atom stereocenters. The summed E-state index contributed by atoms with van der Waals surface area (Å²) in [6, 6.07) is 3.48. The Kier molecular flexibility index (Phi) is 3.52. The maximum atomic E-state index is 9.33. The van der Waals surface area contributed by atoms with Crippen molar-refractivity contribution in [3.05, 3.63) is 22.8 Å². The number of phenols is 1. The van der Waals surface area contributed by atoms with Crippen LogP contribution < -0.4 is 0 Å². The van der Waals surface area contributed by atoms with Gasteiger partial charge in [0.2, 0.25) is 0 Å². The van der Waals surface area contributed by atoms with Crippen molar-refractivity contribution in [2.75, 3.05) is 0 Å². The first-order valence-electron chi connectivity index (χ1n) is 4.48. The number of aromatic nitrogens is 2. The van der Waals surface area contributed by atoms with Gasteiger partial charge in [0, 0.05) is 24.7 Å². The van der Waals surface area contributed by atoms with Crippen LogP contribution in [0.15, 0.2) is 22.8 Å². The number of aryl methyl sites for hydroxylation is 1. The molecule has 2 rings (SSSR count). The van der Waals surface area contributed by atoms with Gasteiger partial charge in [-0.3, -0.25) is 4.68 Å². The highest BCUT2D eigenvalue weighted by Crippen LogP contribution is 2.28. The Bertz CT molecular complexity index is 398. The molecule has 0 saturated heterocycles. The molecule has 0 amide bonds. The number of hydrogen-bond acceptors (Lipinski definition) is 2. The highest BCUT2D eigenvalue weighted by molar-refractivity contribution is 9.10. The molecule has 0 saturated carbocycles. The van der Waals surface area contributed by atoms with Gasteiger partial charge in [-0.15, -0.1) is 0 Å². The zero-order chi connectivity index (χ0) is 10.7. The van der Waals surface area contributed by atoms with Crippen molar-refractivity contribution in [2.24, 2.45) is 7.05 Å². The van der Waals surface area contributed by atoms with Crippen molar-refractivity contribution in [1.82, 2.24) is 9.78 Å². The Hall–Kier alpha value is -1.03. The number of fused-ring (bicyclic) bond motifs is 1. The third-order valence-electron chi connectivity index (χ3n) is 1.69. The van der Waals surface area contributed by atoms with Gasteiger partial charge in [0.15, 0.2) is 0 Å². The SMILES string of the molecule is CC.Cn1cc2cc(Br)c(O)cc2n1. The fraction of sp³-hybridized carbons (Fsp3) is 0.300. The number of phenolic OH excluding ortho intramolecular Hbond substituents is 1. The van der Waals surface area contributed by atoms with Crippen molar-refractivity contribution in [3.63, 3.8) is 0 Å². The maximum absolute atomic E-state index is 9.33. The van der Waals surface area contributed by atoms with Crippen LogP contribution in [0.3, 0.4) is 0 Å². The first-order valence-corrected chi connectivity index (χ1v) is 5.28. The number of nitrogens with zero attached hydrogens (tertiary/aromatic N) is 2. The van der Waals surface area contributed by atoms with E-state index in [4.69, 9.17) is 0 Å². The second-order valence-electron chi connectivity index (χ2n) is 2.67. The molecule has 1 aromatic heterocycles. The highest BCUT2D eigenvalue weighted by Gasteiger charge is 2.03. The normalized spacial score (nSPS) is 9.71. The van der Waals surface area contributed by atoms with E-state index >= 15 is 0 Å². The fourth-order valence-corrected chi connectivity index (χ4v) is 1.52. The fourth-order valence-electron chi connectivity index (χ4n) is 1.16. The van der Waals surface area contributed by atoms with Gasteiger partial charge in [-0.25, -0.2) is 0 Å². The van der Waals surface area contributed by atoms with Gasteiger partial charge >= 0.3 is 0 Å². The third kappa shape index (κ3) is 2.07. The summed E-state index contributed by atoms with van der Waals surface area (Å²) in [6.07, 6.45) is 1.90. The molecule has 14 heavy (non-hydrogen) atoms. The van der Waals surface area contributed by atoms with Crippen molar-refractivity contribution < 1.29 is 5.11 Å². The second kappa shape index (κ2) is 4.46. The van der Waals surface area contributed by atoms with Crippen LogP contribution in [-0.2, 0) is 7.05 Å². The number of hydrogen-bond donors (Lipinski definition) is 1. The van der Waals surface area contributed by atoms with Gasteiger partial charge < -0.3 is 5.11 Å². The summed E-state index contributed by atoms with van der Waals surface area (Å²) in [6.45, 7) is 4.00. The lowest BCUT2D eigenvalue weighted by Gasteiger charge is -1.94. The van der Waals surface area contributed by atoms with Gasteiger partial charge in [0.05, 0.1) is 9.99 Å². The Morgan fingerprint density at radius 1 is 1.36 bits per heavy atom. The average Bonchev–Trinajstić information content (AvgIpc) is 2.49. The van der Waals surface area contributed by atoms with Crippen LogP contribution in [0, 0.1) is 0 Å². The lowest BCUT2D eigenvalue weighted by molar-refractivity contribution is 0.472. The minimum atomic E-state index is 0.223. The number of rotatable bonds is 0. The Labute approximate surface area is 91.5 Å². The van der Waals surface area contributed by atoms with Crippen LogP contribution >= 0.6 is 15.9 Å². The van der Waals surface area contributed by atoms with Gasteiger partial charge in [0.25, 0.3) is 0 Å². The van der Waals surface area contributed by atoms with Gasteiger partial charge in [0.1, 0.15) is 5.75 Å². The van der Waals surface area contributed by atoms with E-state index in [9.17, 15) is 5.11 Å². The Morgan fingerprint density at radius 3 is 2.64 bits per heavy atom. The number of aromatic hydroxyl groups is 1. The van der Waals surface area contributed by atoms with E-state index in [2.05, 4.69) is 21.0 Å². The van der Waals surface area contributed by atoms with Crippen LogP contribution in [0.5, 0.6) is 5.75 Å². The molecule has 1 N–H and O–H groups in total. The summed E-state index contributed by atoms with van der Waals surface area (Å²) in [4.78, 5) is 0. The zero-order valence-electron chi connectivity index (χ0n) is 8.45. The van der Waals surface area contributed by atoms with Crippen molar-refractivity contribution in [2.45, 2.75) is 13.8 Å². The first-order chi connectivity index (χ1) is 6.66. The van der Waals surface area contributed by atoms with Crippen LogP contribution in [0.1, 0.15) is 13.8 Å². The molecule has 3 nitrogen and oxygen atoms in total. The summed E-state index contributed by atoms with van der Waals surface area (Å²) >= 11 is 3.24. The second-order valence-corrected chi connectivity index (χ2v) is 3.52. The zero-order valence-corrected chi connectivity index (χ0v) is 10.0. The van der Waals surface area contributed by atoms with Crippen LogP contribution in [0.25, 0.3) is 10.9 Å². The molecule has 4 heteroatoms. The molecule has 0 atom stereocenters. The first kappa shape index (κ1) is 11.0. The number of benzene rings is 1. The standard InChI is InChI=1S/C8H7BrN2O.C2H6/c1-11-4-5-2-6(9)8(12)3-7(5)10-11;1-2/h2-4,12H,1H3;1-2H3. The topological polar surface area (TPSA) is 38.0 Å². The van der Waals surface area contributed by atoms with Crippen molar-refractivity contribution in [1.29, 1.82) is 0 Å². The molecule has 1 aromatic carbocycles. The Balaban J connectivity index is 0.000000461. The van der Waals surface area contributed by atoms with Gasteiger partial charge in [-0.1, -0.05) is 13.8 Å². The van der Waals surface area contributed by atoms with E-state index in [1.165, 1.54) is 0 Å². The van der Waals surface area contributed by atoms with E-state index in [0.29, 0.717) is 4.47 Å². The van der Waals surface area contributed by atoms with Crippen LogP contribution in [0.2, 0.25) is 0 Å². The van der Waals surface area contributed by atoms with E-state index in [1.807, 2.05) is 33.2 Å². The van der Waals surface area contributed by atoms with Gasteiger partial charge in [-0.05, 0) is 22.0 Å². The molecular weight excluding hydrogens is 244 g/mol. The minimum absolute atomic E-state index is 0.223. The van der Waals surface area contributed by atoms with Gasteiger partial charge in [-0.2, -0.15) is 5.10 Å². The molecule has 0 aliphatic heterocycles. The summed E-state index contributed by atoms with van der Waals surface area (Å²) in [5.41, 5.74) is 0.804. The molecule has 76 valence electrons. The lowest BCUT2D eigenvalue weighted by Crippen LogP contribution is -1.84. The van der Waals surface area contributed by atoms with Crippen LogP contribution in [0.4, 0.5) is 0 Å². The maximum Gasteiger partial charge on any atom is 0.132 e. The minimum Gasteiger partial charge on any atom is -0.507 e. The molecule has 0 radical (unpaired) electrons. The predicted molar refractivity (Wildman–Crippen MR) is 61.4 cm³/mol.